The van der Waals surface area contributed by atoms with E-state index in [1.165, 1.54) is 44.1 Å². The Morgan fingerprint density at radius 2 is 1.95 bits per heavy atom. The maximum Gasteiger partial charge on any atom is 0.122 e. The van der Waals surface area contributed by atoms with Crippen molar-refractivity contribution in [2.75, 3.05) is 14.2 Å². The lowest BCUT2D eigenvalue weighted by Crippen LogP contribution is -2.30. The predicted molar refractivity (Wildman–Crippen MR) is 85.3 cm³/mol. The second-order valence-electron chi connectivity index (χ2n) is 5.59. The summed E-state index contributed by atoms with van der Waals surface area (Å²) in [4.78, 5) is 0. The third-order valence-corrected chi connectivity index (χ3v) is 4.24. The lowest BCUT2D eigenvalue weighted by molar-refractivity contribution is 0.407. The van der Waals surface area contributed by atoms with Crippen LogP contribution >= 0.6 is 0 Å². The van der Waals surface area contributed by atoms with Gasteiger partial charge in [-0.2, -0.15) is 0 Å². The smallest absolute Gasteiger partial charge is 0.122 e. The number of hydrogen-bond donors (Lipinski definition) is 1. The van der Waals surface area contributed by atoms with Crippen LogP contribution in [0, 0.1) is 0 Å². The number of nitrogens with one attached hydrogen (secondary N) is 1. The number of hydrogen-bond acceptors (Lipinski definition) is 2. The molecule has 0 aromatic heterocycles. The molecule has 0 amide bonds. The largest absolute Gasteiger partial charge is 0.496 e. The fourth-order valence-corrected chi connectivity index (χ4v) is 3.04. The van der Waals surface area contributed by atoms with Crippen molar-refractivity contribution in [3.05, 3.63) is 41.5 Å². The summed E-state index contributed by atoms with van der Waals surface area (Å²) in [6.45, 7) is 0. The predicted octanol–water partition coefficient (Wildman–Crippen LogP) is 4.11. The van der Waals surface area contributed by atoms with E-state index in [0.29, 0.717) is 6.04 Å². The number of rotatable bonds is 5. The zero-order chi connectivity index (χ0) is 14.2. The highest BCUT2D eigenvalue weighted by molar-refractivity contribution is 5.35. The summed E-state index contributed by atoms with van der Waals surface area (Å²) < 4.78 is 5.48. The van der Waals surface area contributed by atoms with Crippen LogP contribution in [0.3, 0.4) is 0 Å². The van der Waals surface area contributed by atoms with Crippen LogP contribution in [0.25, 0.3) is 0 Å². The molecule has 1 aromatic rings. The van der Waals surface area contributed by atoms with Crippen LogP contribution in [0.4, 0.5) is 0 Å². The molecule has 1 N–H and O–H groups in total. The van der Waals surface area contributed by atoms with Crippen LogP contribution in [0.2, 0.25) is 0 Å². The van der Waals surface area contributed by atoms with Crippen molar-refractivity contribution in [2.24, 2.45) is 0 Å². The van der Waals surface area contributed by atoms with Crippen LogP contribution < -0.4 is 10.1 Å². The molecule has 1 unspecified atom stereocenters. The van der Waals surface area contributed by atoms with Gasteiger partial charge in [-0.1, -0.05) is 42.7 Å². The second kappa shape index (κ2) is 8.11. The fraction of sp³-hybridized carbons (Fsp3) is 0.556. The summed E-state index contributed by atoms with van der Waals surface area (Å²) in [6, 6.07) is 8.79. The molecule has 0 saturated carbocycles. The standard InChI is InChI=1S/C18H27NO/c1-19-17(15-10-6-4-3-5-7-11-15)14-16-12-8-9-13-18(16)20-2/h8-10,12-13,17,19H,3-7,11,14H2,1-2H3/b15-10+. The maximum atomic E-state index is 5.48. The first-order chi connectivity index (χ1) is 9.85. The van der Waals surface area contributed by atoms with Gasteiger partial charge in [-0.25, -0.2) is 0 Å². The number of benzene rings is 1. The highest BCUT2D eigenvalue weighted by Crippen LogP contribution is 2.25. The highest BCUT2D eigenvalue weighted by atomic mass is 16.5. The van der Waals surface area contributed by atoms with Gasteiger partial charge in [-0.15, -0.1) is 0 Å². The summed E-state index contributed by atoms with van der Waals surface area (Å²) in [7, 11) is 3.82. The van der Waals surface area contributed by atoms with Gasteiger partial charge < -0.3 is 10.1 Å². The Kier molecular flexibility index (Phi) is 6.13. The summed E-state index contributed by atoms with van der Waals surface area (Å²) in [5, 5.41) is 3.50. The number of allylic oxidation sites excluding steroid dienone is 1. The van der Waals surface area contributed by atoms with Gasteiger partial charge in [0.2, 0.25) is 0 Å². The van der Waals surface area contributed by atoms with Crippen molar-refractivity contribution in [3.63, 3.8) is 0 Å². The Balaban J connectivity index is 2.11. The number of methoxy groups -OCH3 is 1. The summed E-state index contributed by atoms with van der Waals surface area (Å²) in [6.07, 6.45) is 11.4. The van der Waals surface area contributed by atoms with Gasteiger partial charge in [0.05, 0.1) is 7.11 Å². The molecule has 1 atom stereocenters. The lowest BCUT2D eigenvalue weighted by atomic mass is 9.91. The van der Waals surface area contributed by atoms with Crippen LogP contribution in [0.15, 0.2) is 35.9 Å². The minimum atomic E-state index is 0.435. The van der Waals surface area contributed by atoms with Crippen molar-refractivity contribution in [1.29, 1.82) is 0 Å². The summed E-state index contributed by atoms with van der Waals surface area (Å²) >= 11 is 0. The van der Waals surface area contributed by atoms with E-state index in [1.54, 1.807) is 12.7 Å². The van der Waals surface area contributed by atoms with Gasteiger partial charge in [0.25, 0.3) is 0 Å². The summed E-state index contributed by atoms with van der Waals surface area (Å²) in [5.74, 6) is 0.999. The molecule has 0 fully saturated rings. The zero-order valence-electron chi connectivity index (χ0n) is 12.8. The van der Waals surface area contributed by atoms with E-state index in [0.717, 1.165) is 12.2 Å². The number of ether oxygens (including phenoxy) is 1. The number of para-hydroxylation sites is 1. The van der Waals surface area contributed by atoms with E-state index < -0.39 is 0 Å². The molecule has 2 nitrogen and oxygen atoms in total. The third kappa shape index (κ3) is 4.11. The third-order valence-electron chi connectivity index (χ3n) is 4.24. The van der Waals surface area contributed by atoms with Gasteiger partial charge in [-0.3, -0.25) is 0 Å². The SMILES string of the molecule is CNC(Cc1ccccc1OC)/C1=C/CCCCCC1. The maximum absolute atomic E-state index is 5.48. The van der Waals surface area contributed by atoms with E-state index in [1.807, 2.05) is 6.07 Å². The number of likely N-dealkylation sites (N-methyl/N-ethyl adjacent to an activating group) is 1. The minimum Gasteiger partial charge on any atom is -0.496 e. The van der Waals surface area contributed by atoms with Crippen LogP contribution in [0.5, 0.6) is 5.75 Å². The normalized spacial score (nSPS) is 20.4. The minimum absolute atomic E-state index is 0.435. The molecule has 0 heterocycles. The Labute approximate surface area is 123 Å². The first-order valence-electron chi connectivity index (χ1n) is 7.83. The molecule has 1 aromatic carbocycles. The van der Waals surface area contributed by atoms with Crippen molar-refractivity contribution >= 4 is 0 Å². The van der Waals surface area contributed by atoms with E-state index in [2.05, 4.69) is 36.6 Å². The average Bonchev–Trinajstić information content (AvgIpc) is 2.45. The van der Waals surface area contributed by atoms with E-state index in [9.17, 15) is 0 Å². The molecule has 2 heteroatoms. The Hall–Kier alpha value is -1.28. The van der Waals surface area contributed by atoms with Crippen LogP contribution in [0.1, 0.15) is 44.1 Å². The van der Waals surface area contributed by atoms with Crippen molar-refractivity contribution < 1.29 is 4.74 Å². The molecule has 0 radical (unpaired) electrons. The molecule has 0 bridgehead atoms. The quantitative estimate of drug-likeness (QED) is 0.815. The van der Waals surface area contributed by atoms with Gasteiger partial charge in [-0.05, 0) is 50.8 Å². The molecule has 1 aliphatic rings. The van der Waals surface area contributed by atoms with Crippen molar-refractivity contribution in [2.45, 2.75) is 51.0 Å². The molecule has 0 spiro atoms. The van der Waals surface area contributed by atoms with E-state index >= 15 is 0 Å². The molecule has 0 aliphatic heterocycles. The van der Waals surface area contributed by atoms with Gasteiger partial charge in [0.1, 0.15) is 5.75 Å². The highest BCUT2D eigenvalue weighted by Gasteiger charge is 2.15. The fourth-order valence-electron chi connectivity index (χ4n) is 3.04. The molecule has 0 saturated heterocycles. The summed E-state index contributed by atoms with van der Waals surface area (Å²) in [5.41, 5.74) is 2.87. The van der Waals surface area contributed by atoms with E-state index in [-0.39, 0.29) is 0 Å². The van der Waals surface area contributed by atoms with Crippen molar-refractivity contribution in [3.8, 4) is 5.75 Å². The molecule has 1 aliphatic carbocycles. The van der Waals surface area contributed by atoms with Gasteiger partial charge >= 0.3 is 0 Å². The van der Waals surface area contributed by atoms with Gasteiger partial charge in [0.15, 0.2) is 0 Å². The Morgan fingerprint density at radius 1 is 1.15 bits per heavy atom. The van der Waals surface area contributed by atoms with Gasteiger partial charge in [0, 0.05) is 6.04 Å². The van der Waals surface area contributed by atoms with E-state index in [4.69, 9.17) is 4.74 Å². The van der Waals surface area contributed by atoms with Crippen LogP contribution in [-0.4, -0.2) is 20.2 Å². The Morgan fingerprint density at radius 3 is 2.75 bits per heavy atom. The monoisotopic (exact) mass is 273 g/mol. The molecule has 20 heavy (non-hydrogen) atoms. The lowest BCUT2D eigenvalue weighted by Gasteiger charge is -2.23. The molecular formula is C18H27NO. The van der Waals surface area contributed by atoms with Crippen molar-refractivity contribution in [1.82, 2.24) is 5.32 Å². The Bertz CT molecular complexity index is 439. The topological polar surface area (TPSA) is 21.3 Å². The average molecular weight is 273 g/mol. The molecule has 2 rings (SSSR count). The first kappa shape index (κ1) is 15.1. The van der Waals surface area contributed by atoms with Crippen LogP contribution in [-0.2, 0) is 6.42 Å². The molecular weight excluding hydrogens is 246 g/mol. The first-order valence-corrected chi connectivity index (χ1v) is 7.83. The molecule has 110 valence electrons. The zero-order valence-corrected chi connectivity index (χ0v) is 12.8. The second-order valence-corrected chi connectivity index (χ2v) is 5.59.